The van der Waals surface area contributed by atoms with Crippen molar-refractivity contribution >= 4 is 40.4 Å². The molecule has 13 heteroatoms. The third kappa shape index (κ3) is 4.89. The van der Waals surface area contributed by atoms with Crippen LogP contribution in [0.4, 0.5) is 13.2 Å². The van der Waals surface area contributed by atoms with Gasteiger partial charge in [0.1, 0.15) is 11.4 Å². The predicted octanol–water partition coefficient (Wildman–Crippen LogP) is 6.04. The quantitative estimate of drug-likeness (QED) is 0.333. The maximum Gasteiger partial charge on any atom is 0.417 e. The first-order valence-electron chi connectivity index (χ1n) is 9.39. The minimum Gasteiger partial charge on any atom is -0.492 e. The number of alkyl halides is 3. The minimum atomic E-state index is -4.57. The normalized spacial score (nSPS) is 13.0. The average molecular weight is 522 g/mol. The monoisotopic (exact) mass is 520 g/mol. The molecule has 1 atom stereocenters. The van der Waals surface area contributed by atoms with Gasteiger partial charge in [-0.3, -0.25) is 0 Å². The third-order valence-electron chi connectivity index (χ3n) is 4.58. The lowest BCUT2D eigenvalue weighted by atomic mass is 10.2. The first kappa shape index (κ1) is 23.6. The Kier molecular flexibility index (Phi) is 6.45. The number of benzene rings is 1. The van der Waals surface area contributed by atoms with Crippen molar-refractivity contribution < 1.29 is 27.5 Å². The van der Waals surface area contributed by atoms with Crippen molar-refractivity contribution in [3.63, 3.8) is 0 Å². The second-order valence-corrected chi connectivity index (χ2v) is 8.44. The summed E-state index contributed by atoms with van der Waals surface area (Å²) in [6.07, 6.45) is -2.41. The number of ether oxygens (including phenoxy) is 1. The van der Waals surface area contributed by atoms with Crippen LogP contribution in [-0.4, -0.2) is 37.8 Å². The van der Waals surface area contributed by atoms with E-state index in [9.17, 15) is 13.2 Å². The van der Waals surface area contributed by atoms with E-state index in [1.54, 1.807) is 6.92 Å². The molecule has 0 spiro atoms. The van der Waals surface area contributed by atoms with Crippen LogP contribution in [0.1, 0.15) is 12.5 Å². The van der Waals surface area contributed by atoms with Crippen molar-refractivity contribution in [3.8, 4) is 28.7 Å². The first-order chi connectivity index (χ1) is 15.6. The minimum absolute atomic E-state index is 0.0408. The molecule has 0 fully saturated rings. The molecular weight excluding hydrogens is 508 g/mol. The van der Waals surface area contributed by atoms with Gasteiger partial charge in [-0.15, -0.1) is 0 Å². The second kappa shape index (κ2) is 9.02. The smallest absolute Gasteiger partial charge is 0.417 e. The Morgan fingerprint density at radius 3 is 2.55 bits per heavy atom. The van der Waals surface area contributed by atoms with Crippen molar-refractivity contribution in [2.45, 2.75) is 13.1 Å². The van der Waals surface area contributed by atoms with Gasteiger partial charge in [-0.1, -0.05) is 46.9 Å². The van der Waals surface area contributed by atoms with E-state index < -0.39 is 11.7 Å². The van der Waals surface area contributed by atoms with E-state index in [1.807, 2.05) is 0 Å². The summed E-state index contributed by atoms with van der Waals surface area (Å²) in [7, 11) is 0. The van der Waals surface area contributed by atoms with Crippen molar-refractivity contribution in [3.05, 3.63) is 51.2 Å². The lowest BCUT2D eigenvalue weighted by molar-refractivity contribution is -0.137. The molecule has 3 aromatic heterocycles. The van der Waals surface area contributed by atoms with E-state index in [0.717, 1.165) is 16.7 Å². The maximum atomic E-state index is 13.0. The number of aromatic nitrogens is 4. The number of nitrogens with zero attached hydrogens (tertiary/aromatic N) is 4. The molecule has 4 rings (SSSR count). The number of pyridine rings is 1. The molecule has 1 N–H and O–H groups in total. The van der Waals surface area contributed by atoms with Crippen LogP contribution in [0.5, 0.6) is 5.75 Å². The zero-order valence-corrected chi connectivity index (χ0v) is 19.0. The highest BCUT2D eigenvalue weighted by atomic mass is 35.5. The molecule has 33 heavy (non-hydrogen) atoms. The van der Waals surface area contributed by atoms with Gasteiger partial charge in [0.05, 0.1) is 27.2 Å². The Bertz CT molecular complexity index is 1320. The van der Waals surface area contributed by atoms with E-state index in [2.05, 4.69) is 15.1 Å². The first-order valence-corrected chi connectivity index (χ1v) is 10.5. The predicted molar refractivity (Wildman–Crippen MR) is 116 cm³/mol. The Hall–Kier alpha value is -2.53. The number of hydrogen-bond donors (Lipinski definition) is 1. The van der Waals surface area contributed by atoms with Gasteiger partial charge in [0.25, 0.3) is 5.89 Å². The molecule has 0 unspecified atom stereocenters. The van der Waals surface area contributed by atoms with Gasteiger partial charge in [0.2, 0.25) is 5.82 Å². The summed E-state index contributed by atoms with van der Waals surface area (Å²) in [6.45, 7) is 2.01. The van der Waals surface area contributed by atoms with Gasteiger partial charge in [0, 0.05) is 36.5 Å². The maximum absolute atomic E-state index is 13.0. The van der Waals surface area contributed by atoms with Crippen molar-refractivity contribution in [1.82, 2.24) is 19.5 Å². The zero-order chi connectivity index (χ0) is 23.9. The molecule has 1 aromatic carbocycles. The molecule has 0 amide bonds. The summed E-state index contributed by atoms with van der Waals surface area (Å²) in [5, 5.41) is 13.3. The Morgan fingerprint density at radius 1 is 1.09 bits per heavy atom. The van der Waals surface area contributed by atoms with Crippen LogP contribution >= 0.6 is 34.8 Å². The molecule has 0 radical (unpaired) electrons. The van der Waals surface area contributed by atoms with Crippen molar-refractivity contribution in [2.75, 3.05) is 13.2 Å². The highest BCUT2D eigenvalue weighted by Gasteiger charge is 2.32. The van der Waals surface area contributed by atoms with Gasteiger partial charge in [-0.2, -0.15) is 18.2 Å². The van der Waals surface area contributed by atoms with Crippen LogP contribution in [-0.2, 0) is 6.18 Å². The lowest BCUT2D eigenvalue weighted by Gasteiger charge is -2.13. The van der Waals surface area contributed by atoms with Gasteiger partial charge in [-0.25, -0.2) is 4.98 Å². The number of fused-ring (bicyclic) bond motifs is 1. The van der Waals surface area contributed by atoms with Crippen LogP contribution in [0.15, 0.2) is 35.1 Å². The van der Waals surface area contributed by atoms with Crippen LogP contribution in [0.3, 0.4) is 0 Å². The van der Waals surface area contributed by atoms with Crippen LogP contribution in [0, 0.1) is 5.92 Å². The summed E-state index contributed by atoms with van der Waals surface area (Å²) in [4.78, 5) is 8.41. The van der Waals surface area contributed by atoms with Crippen LogP contribution < -0.4 is 4.74 Å². The fraction of sp³-hybridized carbons (Fsp3) is 0.250. The van der Waals surface area contributed by atoms with E-state index >= 15 is 0 Å². The molecule has 174 valence electrons. The van der Waals surface area contributed by atoms with Crippen molar-refractivity contribution in [1.29, 1.82) is 0 Å². The topological polar surface area (TPSA) is 85.7 Å². The summed E-state index contributed by atoms with van der Waals surface area (Å²) in [5.41, 5.74) is -0.359. The van der Waals surface area contributed by atoms with E-state index in [-0.39, 0.29) is 57.3 Å². The molecule has 4 aromatic rings. The largest absolute Gasteiger partial charge is 0.492 e. The fourth-order valence-electron chi connectivity index (χ4n) is 2.85. The molecule has 0 aliphatic carbocycles. The second-order valence-electron chi connectivity index (χ2n) is 7.22. The highest BCUT2D eigenvalue weighted by Crippen LogP contribution is 2.37. The lowest BCUT2D eigenvalue weighted by Crippen LogP contribution is -2.12. The van der Waals surface area contributed by atoms with Gasteiger partial charge >= 0.3 is 6.18 Å². The van der Waals surface area contributed by atoms with Gasteiger partial charge in [-0.05, 0) is 12.1 Å². The molecule has 0 bridgehead atoms. The molecule has 0 saturated heterocycles. The number of aliphatic hydroxyl groups excluding tert-OH is 1. The Morgan fingerprint density at radius 2 is 1.85 bits per heavy atom. The number of imidazole rings is 1. The number of halogens is 6. The SMILES string of the molecule is C[C@@H](CO)COc1cc(Cl)c(-c2noc(-c3cn4cc(C(F)(F)F)cc(Cl)c4n3)n2)cc1Cl. The van der Waals surface area contributed by atoms with Gasteiger partial charge in [0.15, 0.2) is 5.65 Å². The Balaban J connectivity index is 1.65. The molecule has 7 nitrogen and oxygen atoms in total. The molecule has 0 aliphatic heterocycles. The molecule has 0 aliphatic rings. The Labute approximate surface area is 199 Å². The van der Waals surface area contributed by atoms with Crippen LogP contribution in [0.25, 0.3) is 28.6 Å². The molecule has 3 heterocycles. The van der Waals surface area contributed by atoms with E-state index in [0.29, 0.717) is 11.3 Å². The number of aliphatic hydroxyl groups is 1. The van der Waals surface area contributed by atoms with Crippen LogP contribution in [0.2, 0.25) is 15.1 Å². The summed E-state index contributed by atoms with van der Waals surface area (Å²) >= 11 is 18.6. The molecular formula is C20H14Cl3F3N4O3. The highest BCUT2D eigenvalue weighted by molar-refractivity contribution is 6.36. The zero-order valence-electron chi connectivity index (χ0n) is 16.7. The summed E-state index contributed by atoms with van der Waals surface area (Å²) in [6, 6.07) is 3.77. The standard InChI is InChI=1S/C20H14Cl3F3N4O3/c1-9(7-31)8-32-16-4-12(21)11(3-13(16)22)17-28-19(33-29-17)15-6-30-5-10(20(24,25)26)2-14(23)18(30)27-15/h2-6,9,31H,7-8H2,1H3/t9-/m0/s1. The van der Waals surface area contributed by atoms with E-state index in [4.69, 9.17) is 49.2 Å². The van der Waals surface area contributed by atoms with E-state index in [1.165, 1.54) is 18.3 Å². The third-order valence-corrected chi connectivity index (χ3v) is 5.46. The number of rotatable bonds is 6. The number of hydrogen-bond acceptors (Lipinski definition) is 6. The average Bonchev–Trinajstić information content (AvgIpc) is 3.40. The van der Waals surface area contributed by atoms with Crippen molar-refractivity contribution in [2.24, 2.45) is 5.92 Å². The summed E-state index contributed by atoms with van der Waals surface area (Å²) in [5.74, 6) is 0.268. The summed E-state index contributed by atoms with van der Waals surface area (Å²) < 4.78 is 51.1. The molecule has 0 saturated carbocycles. The fourth-order valence-corrected chi connectivity index (χ4v) is 3.56. The van der Waals surface area contributed by atoms with Gasteiger partial charge < -0.3 is 18.8 Å².